The summed E-state index contributed by atoms with van der Waals surface area (Å²) in [6.45, 7) is 1.96. The number of nitrogens with one attached hydrogen (secondary N) is 1. The van der Waals surface area contributed by atoms with Crippen LogP contribution in [0.1, 0.15) is 18.4 Å². The molecule has 0 bridgehead atoms. The standard InChI is InChI=1S/C13H16ClNO3/c14-10-5-9(7-15-13(8-16)1-2-13)6-11-12(10)18-4-3-17-11/h5-6,15-16H,1-4,7-8H2. The van der Waals surface area contributed by atoms with Crippen molar-refractivity contribution in [2.24, 2.45) is 0 Å². The summed E-state index contributed by atoms with van der Waals surface area (Å²) in [5.74, 6) is 1.34. The first-order valence-corrected chi connectivity index (χ1v) is 6.54. The van der Waals surface area contributed by atoms with Crippen LogP contribution in [0, 0.1) is 0 Å². The largest absolute Gasteiger partial charge is 0.486 e. The molecule has 1 fully saturated rings. The fourth-order valence-electron chi connectivity index (χ4n) is 2.10. The zero-order valence-corrected chi connectivity index (χ0v) is 10.8. The smallest absolute Gasteiger partial charge is 0.179 e. The second-order valence-electron chi connectivity index (χ2n) is 4.89. The van der Waals surface area contributed by atoms with Crippen LogP contribution in [0.5, 0.6) is 11.5 Å². The van der Waals surface area contributed by atoms with E-state index in [0.29, 0.717) is 36.3 Å². The van der Waals surface area contributed by atoms with Crippen LogP contribution in [0.25, 0.3) is 0 Å². The molecule has 1 aliphatic heterocycles. The highest BCUT2D eigenvalue weighted by Crippen LogP contribution is 2.39. The van der Waals surface area contributed by atoms with Gasteiger partial charge in [0.25, 0.3) is 0 Å². The topological polar surface area (TPSA) is 50.7 Å². The molecular weight excluding hydrogens is 254 g/mol. The third kappa shape index (κ3) is 2.28. The van der Waals surface area contributed by atoms with Gasteiger partial charge in [-0.1, -0.05) is 11.6 Å². The summed E-state index contributed by atoms with van der Waals surface area (Å²) in [5, 5.41) is 13.2. The Balaban J connectivity index is 1.74. The normalized spacial score (nSPS) is 19.7. The fourth-order valence-corrected chi connectivity index (χ4v) is 2.39. The van der Waals surface area contributed by atoms with E-state index in [1.54, 1.807) is 0 Å². The van der Waals surface area contributed by atoms with Gasteiger partial charge in [0.15, 0.2) is 11.5 Å². The summed E-state index contributed by atoms with van der Waals surface area (Å²) in [7, 11) is 0. The van der Waals surface area contributed by atoms with Crippen molar-refractivity contribution in [3.63, 3.8) is 0 Å². The van der Waals surface area contributed by atoms with Gasteiger partial charge in [-0.3, -0.25) is 0 Å². The van der Waals surface area contributed by atoms with Gasteiger partial charge in [0, 0.05) is 12.1 Å². The number of hydrogen-bond acceptors (Lipinski definition) is 4. The lowest BCUT2D eigenvalue weighted by atomic mass is 10.1. The molecule has 0 spiro atoms. The van der Waals surface area contributed by atoms with Crippen LogP contribution in [0.2, 0.25) is 5.02 Å². The quantitative estimate of drug-likeness (QED) is 0.874. The van der Waals surface area contributed by atoms with Crippen molar-refractivity contribution in [3.05, 3.63) is 22.7 Å². The Bertz CT molecular complexity index is 460. The van der Waals surface area contributed by atoms with Gasteiger partial charge in [0.2, 0.25) is 0 Å². The molecule has 0 amide bonds. The minimum atomic E-state index is -0.0697. The molecule has 0 radical (unpaired) electrons. The number of ether oxygens (including phenoxy) is 2. The summed E-state index contributed by atoms with van der Waals surface area (Å²) in [5.41, 5.74) is 0.976. The number of fused-ring (bicyclic) bond motifs is 1. The number of aliphatic hydroxyl groups excluding tert-OH is 1. The maximum absolute atomic E-state index is 9.25. The van der Waals surface area contributed by atoms with E-state index in [0.717, 1.165) is 18.4 Å². The fraction of sp³-hybridized carbons (Fsp3) is 0.538. The highest BCUT2D eigenvalue weighted by Gasteiger charge is 2.41. The summed E-state index contributed by atoms with van der Waals surface area (Å²) < 4.78 is 11.0. The Morgan fingerprint density at radius 3 is 2.78 bits per heavy atom. The first-order chi connectivity index (χ1) is 8.72. The van der Waals surface area contributed by atoms with E-state index in [9.17, 15) is 5.11 Å². The van der Waals surface area contributed by atoms with Crippen molar-refractivity contribution in [1.29, 1.82) is 0 Å². The van der Waals surface area contributed by atoms with Gasteiger partial charge in [-0.2, -0.15) is 0 Å². The third-order valence-corrected chi connectivity index (χ3v) is 3.76. The van der Waals surface area contributed by atoms with Crippen LogP contribution >= 0.6 is 11.6 Å². The number of aliphatic hydroxyl groups is 1. The van der Waals surface area contributed by atoms with Crippen LogP contribution in [0.15, 0.2) is 12.1 Å². The molecule has 0 atom stereocenters. The maximum Gasteiger partial charge on any atom is 0.179 e. The summed E-state index contributed by atoms with van der Waals surface area (Å²) in [6.07, 6.45) is 2.06. The second-order valence-corrected chi connectivity index (χ2v) is 5.30. The minimum Gasteiger partial charge on any atom is -0.486 e. The van der Waals surface area contributed by atoms with Gasteiger partial charge in [0.05, 0.1) is 11.6 Å². The highest BCUT2D eigenvalue weighted by molar-refractivity contribution is 6.32. The van der Waals surface area contributed by atoms with Gasteiger partial charge in [-0.15, -0.1) is 0 Å². The number of halogens is 1. The molecule has 1 saturated carbocycles. The molecule has 98 valence electrons. The summed E-state index contributed by atoms with van der Waals surface area (Å²) in [6, 6.07) is 3.83. The average molecular weight is 270 g/mol. The SMILES string of the molecule is OCC1(NCc2cc(Cl)c3c(c2)OCCO3)CC1. The summed E-state index contributed by atoms with van der Waals surface area (Å²) in [4.78, 5) is 0. The molecule has 3 rings (SSSR count). The predicted octanol–water partition coefficient (Wildman–Crippen LogP) is 1.73. The van der Waals surface area contributed by atoms with E-state index < -0.39 is 0 Å². The molecule has 0 unspecified atom stereocenters. The number of rotatable bonds is 4. The van der Waals surface area contributed by atoms with E-state index in [4.69, 9.17) is 21.1 Å². The Morgan fingerprint density at radius 1 is 1.28 bits per heavy atom. The molecular formula is C13H16ClNO3. The molecule has 0 aromatic heterocycles. The molecule has 1 aromatic rings. The molecule has 1 heterocycles. The van der Waals surface area contributed by atoms with Crippen LogP contribution in [0.4, 0.5) is 0 Å². The van der Waals surface area contributed by atoms with Crippen molar-refractivity contribution < 1.29 is 14.6 Å². The maximum atomic E-state index is 9.25. The Morgan fingerprint density at radius 2 is 2.06 bits per heavy atom. The first kappa shape index (κ1) is 12.1. The van der Waals surface area contributed by atoms with E-state index in [-0.39, 0.29) is 12.1 Å². The van der Waals surface area contributed by atoms with Crippen molar-refractivity contribution in [2.75, 3.05) is 19.8 Å². The molecule has 4 nitrogen and oxygen atoms in total. The van der Waals surface area contributed by atoms with Crippen molar-refractivity contribution in [3.8, 4) is 11.5 Å². The van der Waals surface area contributed by atoms with Crippen LogP contribution in [0.3, 0.4) is 0 Å². The average Bonchev–Trinajstić information content (AvgIpc) is 3.17. The number of hydrogen-bond donors (Lipinski definition) is 2. The summed E-state index contributed by atoms with van der Waals surface area (Å²) >= 11 is 6.16. The van der Waals surface area contributed by atoms with Gasteiger partial charge in [0.1, 0.15) is 13.2 Å². The zero-order valence-electron chi connectivity index (χ0n) is 10.0. The predicted molar refractivity (Wildman–Crippen MR) is 68.3 cm³/mol. The van der Waals surface area contributed by atoms with E-state index in [1.807, 2.05) is 12.1 Å². The van der Waals surface area contributed by atoms with Crippen LogP contribution in [-0.2, 0) is 6.54 Å². The Kier molecular flexibility index (Phi) is 3.09. The lowest BCUT2D eigenvalue weighted by Crippen LogP contribution is -2.34. The molecule has 5 heteroatoms. The molecule has 2 N–H and O–H groups in total. The van der Waals surface area contributed by atoms with Crippen molar-refractivity contribution in [2.45, 2.75) is 24.9 Å². The van der Waals surface area contributed by atoms with Gasteiger partial charge in [-0.05, 0) is 30.5 Å². The minimum absolute atomic E-state index is 0.0697. The van der Waals surface area contributed by atoms with Gasteiger partial charge in [-0.25, -0.2) is 0 Å². The van der Waals surface area contributed by atoms with Crippen molar-refractivity contribution >= 4 is 11.6 Å². The highest BCUT2D eigenvalue weighted by atomic mass is 35.5. The van der Waals surface area contributed by atoms with E-state index in [2.05, 4.69) is 5.32 Å². The third-order valence-electron chi connectivity index (χ3n) is 3.48. The van der Waals surface area contributed by atoms with Gasteiger partial charge < -0.3 is 19.9 Å². The molecule has 2 aliphatic rings. The van der Waals surface area contributed by atoms with Crippen LogP contribution < -0.4 is 14.8 Å². The lowest BCUT2D eigenvalue weighted by molar-refractivity contribution is 0.171. The van der Waals surface area contributed by atoms with E-state index >= 15 is 0 Å². The monoisotopic (exact) mass is 269 g/mol. The first-order valence-electron chi connectivity index (χ1n) is 6.16. The lowest BCUT2D eigenvalue weighted by Gasteiger charge is -2.21. The second kappa shape index (κ2) is 4.61. The molecule has 0 saturated heterocycles. The van der Waals surface area contributed by atoms with Crippen LogP contribution in [-0.4, -0.2) is 30.5 Å². The van der Waals surface area contributed by atoms with Gasteiger partial charge >= 0.3 is 0 Å². The molecule has 1 aliphatic carbocycles. The molecule has 1 aromatic carbocycles. The van der Waals surface area contributed by atoms with E-state index in [1.165, 1.54) is 0 Å². The zero-order chi connectivity index (χ0) is 12.6. The Labute approximate surface area is 111 Å². The number of benzene rings is 1. The molecule has 18 heavy (non-hydrogen) atoms. The van der Waals surface area contributed by atoms with Crippen molar-refractivity contribution in [1.82, 2.24) is 5.32 Å². The Hall–Kier alpha value is -0.970.